The molecular weight excluding hydrogens is 354 g/mol. The van der Waals surface area contributed by atoms with E-state index >= 15 is 0 Å². The van der Waals surface area contributed by atoms with Gasteiger partial charge in [0.05, 0.1) is 0 Å². The first-order valence-corrected chi connectivity index (χ1v) is 6.55. The van der Waals surface area contributed by atoms with Crippen molar-refractivity contribution in [2.75, 3.05) is 0 Å². The molecule has 0 radical (unpaired) electrons. The van der Waals surface area contributed by atoms with E-state index in [0.717, 1.165) is 0 Å². The highest BCUT2D eigenvalue weighted by molar-refractivity contribution is 7.86. The normalized spacial score (nSPS) is 13.0. The van der Waals surface area contributed by atoms with E-state index in [1.54, 1.807) is 0 Å². The minimum atomic E-state index is -5.84. The van der Waals surface area contributed by atoms with Gasteiger partial charge in [-0.1, -0.05) is 0 Å². The highest BCUT2D eigenvalue weighted by Crippen LogP contribution is 2.21. The van der Waals surface area contributed by atoms with Crippen molar-refractivity contribution < 1.29 is 62.5 Å². The van der Waals surface area contributed by atoms with Crippen molar-refractivity contribution in [2.45, 2.75) is 24.2 Å². The van der Waals surface area contributed by atoms with Gasteiger partial charge in [0.15, 0.2) is 0 Å². The Morgan fingerprint density at radius 1 is 0.750 bits per heavy atom. The Morgan fingerprint density at radius 2 is 0.800 bits per heavy atom. The molecule has 0 amide bonds. The summed E-state index contributed by atoms with van der Waals surface area (Å²) >= 11 is 0. The van der Waals surface area contributed by atoms with Crippen LogP contribution in [0, 0.1) is 0 Å². The lowest BCUT2D eigenvalue weighted by Gasteiger charge is -1.97. The fraction of sp³-hybridized carbons (Fsp3) is 1.00. The van der Waals surface area contributed by atoms with Crippen LogP contribution in [0.1, 0.15) is 6.92 Å². The summed E-state index contributed by atoms with van der Waals surface area (Å²) in [5.41, 5.74) is -11.1. The van der Waals surface area contributed by atoms with Crippen LogP contribution in [0.4, 0.5) is 26.3 Å². The molecule has 0 aliphatic heterocycles. The lowest BCUT2D eigenvalue weighted by Crippen LogP contribution is -2.21. The third-order valence-electron chi connectivity index (χ3n) is 0.585. The Labute approximate surface area is 108 Å². The number of alkyl halides is 6. The monoisotopic (exact) mass is 362 g/mol. The topological polar surface area (TPSA) is 149 Å². The third kappa shape index (κ3) is 15.4. The van der Waals surface area contributed by atoms with Crippen LogP contribution in [0.25, 0.3) is 0 Å². The van der Waals surface area contributed by atoms with E-state index in [-0.39, 0.29) is 0 Å². The molecular formula is C4H8F6O8S2. The van der Waals surface area contributed by atoms with Gasteiger partial charge in [0.1, 0.15) is 6.29 Å². The van der Waals surface area contributed by atoms with E-state index < -0.39 is 37.5 Å². The van der Waals surface area contributed by atoms with Crippen molar-refractivity contribution in [3.63, 3.8) is 0 Å². The van der Waals surface area contributed by atoms with Crippen molar-refractivity contribution >= 4 is 20.2 Å². The molecule has 0 aromatic rings. The van der Waals surface area contributed by atoms with E-state index in [4.69, 9.17) is 36.2 Å². The van der Waals surface area contributed by atoms with Gasteiger partial charge in [0, 0.05) is 0 Å². The molecule has 0 fully saturated rings. The SMILES string of the molecule is CC(O)O.O=S(=O)(O)C(F)(F)F.O=S(=O)(O)C(F)(F)F. The van der Waals surface area contributed by atoms with Crippen LogP contribution in [0.5, 0.6) is 0 Å². The second kappa shape index (κ2) is 7.93. The van der Waals surface area contributed by atoms with E-state index in [0.29, 0.717) is 0 Å². The second-order valence-electron chi connectivity index (χ2n) is 2.47. The molecule has 16 heteroatoms. The molecule has 8 nitrogen and oxygen atoms in total. The largest absolute Gasteiger partial charge is 0.522 e. The summed E-state index contributed by atoms with van der Waals surface area (Å²) in [7, 11) is -11.7. The summed E-state index contributed by atoms with van der Waals surface area (Å²) in [6.45, 7) is 1.28. The molecule has 4 N–H and O–H groups in total. The summed E-state index contributed by atoms with van der Waals surface area (Å²) in [5.74, 6) is 0. The standard InChI is InChI=1S/C2H6O2.2CHF3O3S/c1-2(3)4;2*2-1(3,4)8(5,6)7/h2-4H,1H3;2*(H,5,6,7). The van der Waals surface area contributed by atoms with Gasteiger partial charge in [0.2, 0.25) is 0 Å². The molecule has 0 spiro atoms. The van der Waals surface area contributed by atoms with Crippen LogP contribution in [0.3, 0.4) is 0 Å². The Balaban J connectivity index is -0.000000230. The van der Waals surface area contributed by atoms with Crippen LogP contribution in [-0.2, 0) is 20.2 Å². The summed E-state index contributed by atoms with van der Waals surface area (Å²) in [6.07, 6.45) is -1.17. The quantitative estimate of drug-likeness (QED) is 0.205. The van der Waals surface area contributed by atoms with Crippen molar-refractivity contribution in [1.29, 1.82) is 0 Å². The van der Waals surface area contributed by atoms with Gasteiger partial charge in [0.25, 0.3) is 0 Å². The molecule has 0 aliphatic carbocycles. The zero-order valence-corrected chi connectivity index (χ0v) is 10.7. The van der Waals surface area contributed by atoms with Crippen molar-refractivity contribution in [1.82, 2.24) is 0 Å². The van der Waals surface area contributed by atoms with Gasteiger partial charge in [-0.15, -0.1) is 0 Å². The van der Waals surface area contributed by atoms with Crippen molar-refractivity contribution in [3.05, 3.63) is 0 Å². The molecule has 0 atom stereocenters. The van der Waals surface area contributed by atoms with Crippen LogP contribution in [0.15, 0.2) is 0 Å². The van der Waals surface area contributed by atoms with Crippen LogP contribution >= 0.6 is 0 Å². The number of hydrogen-bond donors (Lipinski definition) is 4. The van der Waals surface area contributed by atoms with Gasteiger partial charge in [-0.2, -0.15) is 43.2 Å². The van der Waals surface area contributed by atoms with Crippen LogP contribution in [0.2, 0.25) is 0 Å². The Morgan fingerprint density at radius 3 is 0.800 bits per heavy atom. The van der Waals surface area contributed by atoms with Gasteiger partial charge in [-0.25, -0.2) is 0 Å². The number of aliphatic hydroxyl groups is 2. The van der Waals surface area contributed by atoms with Gasteiger partial charge in [-0.3, -0.25) is 9.11 Å². The molecule has 0 unspecified atom stereocenters. The molecule has 0 heterocycles. The number of rotatable bonds is 0. The van der Waals surface area contributed by atoms with Gasteiger partial charge in [-0.05, 0) is 6.92 Å². The predicted molar refractivity (Wildman–Crippen MR) is 49.1 cm³/mol. The van der Waals surface area contributed by atoms with E-state index in [1.807, 2.05) is 0 Å². The zero-order valence-electron chi connectivity index (χ0n) is 9.08. The highest BCUT2D eigenvalue weighted by Gasteiger charge is 2.45. The van der Waals surface area contributed by atoms with Gasteiger partial charge < -0.3 is 10.2 Å². The molecule has 0 aromatic carbocycles. The summed E-state index contributed by atoms with van der Waals surface area (Å²) in [5, 5.41) is 15.2. The maximum Gasteiger partial charge on any atom is 0.522 e. The number of aliphatic hydroxyl groups excluding tert-OH is 1. The molecule has 0 saturated heterocycles. The lowest BCUT2D eigenvalue weighted by atomic mass is 10.8. The fourth-order valence-electron chi connectivity index (χ4n) is 0. The maximum atomic E-state index is 10.7. The van der Waals surface area contributed by atoms with Gasteiger partial charge >= 0.3 is 31.3 Å². The van der Waals surface area contributed by atoms with Crippen LogP contribution < -0.4 is 0 Å². The smallest absolute Gasteiger partial charge is 0.368 e. The van der Waals surface area contributed by atoms with Crippen molar-refractivity contribution in [3.8, 4) is 0 Å². The fourth-order valence-corrected chi connectivity index (χ4v) is 0. The van der Waals surface area contributed by atoms with Crippen LogP contribution in [-0.4, -0.2) is 53.5 Å². The average Bonchev–Trinajstić information content (AvgIpc) is 1.94. The molecule has 0 aliphatic rings. The maximum absolute atomic E-state index is 10.7. The Kier molecular flexibility index (Phi) is 9.66. The lowest BCUT2D eigenvalue weighted by molar-refractivity contribution is -0.0514. The first-order chi connectivity index (χ1) is 8.23. The summed E-state index contributed by atoms with van der Waals surface area (Å²) in [4.78, 5) is 0. The number of hydrogen-bond acceptors (Lipinski definition) is 6. The van der Waals surface area contributed by atoms with Crippen molar-refractivity contribution in [2.24, 2.45) is 0 Å². The van der Waals surface area contributed by atoms with E-state index in [1.165, 1.54) is 6.92 Å². The molecule has 0 saturated carbocycles. The third-order valence-corrected chi connectivity index (χ3v) is 1.75. The summed E-state index contributed by atoms with van der Waals surface area (Å²) in [6, 6.07) is 0. The molecule has 0 rings (SSSR count). The molecule has 126 valence electrons. The number of halogens is 6. The molecule has 0 bridgehead atoms. The summed E-state index contributed by atoms with van der Waals surface area (Å²) < 4.78 is 115. The minimum absolute atomic E-state index is 1.17. The minimum Gasteiger partial charge on any atom is -0.368 e. The van der Waals surface area contributed by atoms with E-state index in [9.17, 15) is 26.3 Å². The highest BCUT2D eigenvalue weighted by atomic mass is 32.2. The zero-order chi connectivity index (χ0) is 17.6. The van der Waals surface area contributed by atoms with E-state index in [2.05, 4.69) is 0 Å². The first-order valence-electron chi connectivity index (χ1n) is 3.67. The Bertz CT molecular complexity index is 413. The second-order valence-corrected chi connectivity index (χ2v) is 5.30. The molecule has 20 heavy (non-hydrogen) atoms. The average molecular weight is 362 g/mol. The Hall–Kier alpha value is -0.680. The predicted octanol–water partition coefficient (Wildman–Crippen LogP) is 0.105. The molecule has 0 aromatic heterocycles. The first kappa shape index (κ1) is 24.3.